The Hall–Kier alpha value is -3.73. The molecule has 5 nitrogen and oxygen atoms in total. The van der Waals surface area contributed by atoms with E-state index in [0.717, 1.165) is 27.9 Å². The van der Waals surface area contributed by atoms with E-state index in [1.54, 1.807) is 25.1 Å². The highest BCUT2D eigenvalue weighted by Gasteiger charge is 2.19. The molecule has 4 aromatic rings. The van der Waals surface area contributed by atoms with Crippen LogP contribution in [0.4, 0.5) is 0 Å². The number of hydrogen-bond acceptors (Lipinski definition) is 4. The van der Waals surface area contributed by atoms with E-state index in [1.807, 2.05) is 78.9 Å². The number of nitrogens with zero attached hydrogens (tertiary/aromatic N) is 3. The van der Waals surface area contributed by atoms with Gasteiger partial charge in [0.15, 0.2) is 6.10 Å². The van der Waals surface area contributed by atoms with Crippen LogP contribution in [0.3, 0.4) is 0 Å². The van der Waals surface area contributed by atoms with E-state index >= 15 is 0 Å². The van der Waals surface area contributed by atoms with Gasteiger partial charge in [-0.2, -0.15) is 0 Å². The minimum atomic E-state index is -0.579. The molecule has 1 amide bonds. The second kappa shape index (κ2) is 8.74. The van der Waals surface area contributed by atoms with Crippen molar-refractivity contribution in [3.8, 4) is 17.0 Å². The van der Waals surface area contributed by atoms with Crippen LogP contribution in [0.25, 0.3) is 22.3 Å². The third kappa shape index (κ3) is 4.46. The van der Waals surface area contributed by atoms with Crippen molar-refractivity contribution in [3.05, 3.63) is 90.6 Å². The summed E-state index contributed by atoms with van der Waals surface area (Å²) in [5.41, 5.74) is 4.55. The third-order valence-corrected chi connectivity index (χ3v) is 4.90. The summed E-state index contributed by atoms with van der Waals surface area (Å²) in [5.74, 6) is 0.574. The second-order valence-corrected chi connectivity index (χ2v) is 7.21. The zero-order valence-corrected chi connectivity index (χ0v) is 17.0. The molecule has 5 heteroatoms. The molecule has 0 aliphatic carbocycles. The Bertz CT molecular complexity index is 1140. The normalized spacial score (nSPS) is 11.8. The van der Waals surface area contributed by atoms with Crippen molar-refractivity contribution >= 4 is 16.9 Å². The minimum absolute atomic E-state index is 0.0664. The van der Waals surface area contributed by atoms with Gasteiger partial charge in [0.1, 0.15) is 5.75 Å². The van der Waals surface area contributed by atoms with Gasteiger partial charge in [-0.3, -0.25) is 9.78 Å². The summed E-state index contributed by atoms with van der Waals surface area (Å²) in [6.07, 6.45) is 1.19. The number of carbonyl (C=O) groups excluding carboxylic acids is 1. The Morgan fingerprint density at radius 2 is 1.60 bits per heavy atom. The molecule has 150 valence electrons. The summed E-state index contributed by atoms with van der Waals surface area (Å²) in [5, 5.41) is 0. The molecule has 0 aliphatic rings. The van der Waals surface area contributed by atoms with E-state index in [1.165, 1.54) is 0 Å². The fourth-order valence-corrected chi connectivity index (χ4v) is 3.30. The van der Waals surface area contributed by atoms with Gasteiger partial charge in [-0.05, 0) is 48.9 Å². The average molecular weight is 397 g/mol. The summed E-state index contributed by atoms with van der Waals surface area (Å²) in [6, 6.07) is 25.3. The van der Waals surface area contributed by atoms with Gasteiger partial charge in [0.05, 0.1) is 22.9 Å². The molecular weight excluding hydrogens is 374 g/mol. The predicted molar refractivity (Wildman–Crippen MR) is 118 cm³/mol. The maximum atomic E-state index is 12.6. The first-order valence-electron chi connectivity index (χ1n) is 9.88. The zero-order valence-electron chi connectivity index (χ0n) is 17.0. The van der Waals surface area contributed by atoms with Crippen LogP contribution in [0.1, 0.15) is 12.5 Å². The molecule has 4 rings (SSSR count). The fourth-order valence-electron chi connectivity index (χ4n) is 3.30. The van der Waals surface area contributed by atoms with Crippen LogP contribution >= 0.6 is 0 Å². The Morgan fingerprint density at radius 1 is 0.933 bits per heavy atom. The van der Waals surface area contributed by atoms with Gasteiger partial charge >= 0.3 is 0 Å². The number of rotatable bonds is 6. The van der Waals surface area contributed by atoms with Crippen LogP contribution in [-0.4, -0.2) is 33.9 Å². The summed E-state index contributed by atoms with van der Waals surface area (Å²) in [7, 11) is 1.79. The van der Waals surface area contributed by atoms with Crippen molar-refractivity contribution in [2.75, 3.05) is 7.05 Å². The highest BCUT2D eigenvalue weighted by Crippen LogP contribution is 2.23. The van der Waals surface area contributed by atoms with Gasteiger partial charge in [-0.1, -0.05) is 42.5 Å². The number of para-hydroxylation sites is 2. The Kier molecular flexibility index (Phi) is 5.70. The first-order chi connectivity index (χ1) is 14.6. The molecule has 1 aromatic heterocycles. The number of benzene rings is 3. The van der Waals surface area contributed by atoms with Crippen LogP contribution in [0.2, 0.25) is 0 Å². The molecule has 0 aliphatic heterocycles. The second-order valence-electron chi connectivity index (χ2n) is 7.21. The maximum absolute atomic E-state index is 12.6. The predicted octanol–water partition coefficient (Wildman–Crippen LogP) is 4.72. The Balaban J connectivity index is 1.41. The van der Waals surface area contributed by atoms with Crippen LogP contribution in [0, 0.1) is 0 Å². The molecule has 0 saturated carbocycles. The van der Waals surface area contributed by atoms with Gasteiger partial charge in [0.2, 0.25) is 0 Å². The van der Waals surface area contributed by atoms with Crippen molar-refractivity contribution in [3.63, 3.8) is 0 Å². The van der Waals surface area contributed by atoms with Gasteiger partial charge in [0, 0.05) is 19.2 Å². The fraction of sp³-hybridized carbons (Fsp3) is 0.160. The van der Waals surface area contributed by atoms with Crippen molar-refractivity contribution in [2.45, 2.75) is 19.6 Å². The van der Waals surface area contributed by atoms with Gasteiger partial charge in [-0.15, -0.1) is 0 Å². The lowest BCUT2D eigenvalue weighted by molar-refractivity contribution is -0.137. The van der Waals surface area contributed by atoms with Gasteiger partial charge in [-0.25, -0.2) is 4.98 Å². The van der Waals surface area contributed by atoms with E-state index in [0.29, 0.717) is 12.3 Å². The first kappa shape index (κ1) is 19.6. The van der Waals surface area contributed by atoms with E-state index in [4.69, 9.17) is 4.74 Å². The van der Waals surface area contributed by atoms with Gasteiger partial charge in [0.25, 0.3) is 5.91 Å². The molecule has 0 bridgehead atoms. The topological polar surface area (TPSA) is 55.3 Å². The Morgan fingerprint density at radius 3 is 2.33 bits per heavy atom. The number of carbonyl (C=O) groups is 1. The molecule has 3 aromatic carbocycles. The Labute approximate surface area is 176 Å². The number of aromatic nitrogens is 2. The molecule has 0 saturated heterocycles. The summed E-state index contributed by atoms with van der Waals surface area (Å²) >= 11 is 0. The van der Waals surface area contributed by atoms with Crippen molar-refractivity contribution < 1.29 is 9.53 Å². The lowest BCUT2D eigenvalue weighted by Gasteiger charge is -2.22. The summed E-state index contributed by atoms with van der Waals surface area (Å²) in [4.78, 5) is 23.5. The molecule has 0 N–H and O–H groups in total. The van der Waals surface area contributed by atoms with Crippen LogP contribution in [0.5, 0.6) is 5.75 Å². The third-order valence-electron chi connectivity index (χ3n) is 4.90. The van der Waals surface area contributed by atoms with E-state index in [2.05, 4.69) is 9.97 Å². The average Bonchev–Trinajstić information content (AvgIpc) is 2.79. The van der Waals surface area contributed by atoms with Crippen LogP contribution in [-0.2, 0) is 11.3 Å². The summed E-state index contributed by atoms with van der Waals surface area (Å²) < 4.78 is 5.87. The number of fused-ring (bicyclic) bond motifs is 1. The molecule has 1 unspecified atom stereocenters. The van der Waals surface area contributed by atoms with E-state index < -0.39 is 6.10 Å². The highest BCUT2D eigenvalue weighted by atomic mass is 16.5. The van der Waals surface area contributed by atoms with Crippen molar-refractivity contribution in [1.29, 1.82) is 0 Å². The molecule has 1 atom stereocenters. The number of amides is 1. The molecule has 0 spiro atoms. The maximum Gasteiger partial charge on any atom is 0.263 e. The first-order valence-corrected chi connectivity index (χ1v) is 9.88. The molecule has 30 heavy (non-hydrogen) atoms. The van der Waals surface area contributed by atoms with E-state index in [9.17, 15) is 4.79 Å². The van der Waals surface area contributed by atoms with Gasteiger partial charge < -0.3 is 9.64 Å². The molecule has 0 radical (unpaired) electrons. The molecular formula is C25H23N3O2. The standard InChI is InChI=1S/C25H23N3O2/c1-18(25(29)28(2)17-19-8-4-3-5-9-19)30-21-14-12-20(13-15-21)24-16-26-22-10-6-7-11-23(22)27-24/h3-16,18H,17H2,1-2H3. The largest absolute Gasteiger partial charge is 0.481 e. The number of hydrogen-bond donors (Lipinski definition) is 0. The quantitative estimate of drug-likeness (QED) is 0.472. The number of ether oxygens (including phenoxy) is 1. The lowest BCUT2D eigenvalue weighted by atomic mass is 10.1. The van der Waals surface area contributed by atoms with Crippen LogP contribution in [0.15, 0.2) is 85.1 Å². The lowest BCUT2D eigenvalue weighted by Crippen LogP contribution is -2.37. The highest BCUT2D eigenvalue weighted by molar-refractivity contribution is 5.80. The van der Waals surface area contributed by atoms with Crippen LogP contribution < -0.4 is 4.74 Å². The van der Waals surface area contributed by atoms with Crippen molar-refractivity contribution in [1.82, 2.24) is 14.9 Å². The smallest absolute Gasteiger partial charge is 0.263 e. The molecule has 0 fully saturated rings. The van der Waals surface area contributed by atoms with E-state index in [-0.39, 0.29) is 5.91 Å². The SMILES string of the molecule is CC(Oc1ccc(-c2cnc3ccccc3n2)cc1)C(=O)N(C)Cc1ccccc1. The van der Waals surface area contributed by atoms with Crippen molar-refractivity contribution in [2.24, 2.45) is 0 Å². The minimum Gasteiger partial charge on any atom is -0.481 e. The molecule has 1 heterocycles. The number of likely N-dealkylation sites (N-methyl/N-ethyl adjacent to an activating group) is 1. The summed E-state index contributed by atoms with van der Waals surface area (Å²) in [6.45, 7) is 2.32. The monoisotopic (exact) mass is 397 g/mol. The zero-order chi connectivity index (χ0) is 20.9.